The molecular weight excluding hydrogens is 256 g/mol. The van der Waals surface area contributed by atoms with Gasteiger partial charge in [-0.15, -0.1) is 0 Å². The molecule has 21 heavy (non-hydrogen) atoms. The molecule has 1 rings (SSSR count). The van der Waals surface area contributed by atoms with Crippen LogP contribution in [0.5, 0.6) is 0 Å². The van der Waals surface area contributed by atoms with Crippen LogP contribution in [-0.4, -0.2) is 5.78 Å². The van der Waals surface area contributed by atoms with Gasteiger partial charge in [-0.2, -0.15) is 0 Å². The lowest BCUT2D eigenvalue weighted by atomic mass is 9.96. The van der Waals surface area contributed by atoms with Crippen molar-refractivity contribution in [2.24, 2.45) is 5.92 Å². The summed E-state index contributed by atoms with van der Waals surface area (Å²) in [4.78, 5) is 11.2. The molecule has 0 N–H and O–H groups in total. The van der Waals surface area contributed by atoms with Gasteiger partial charge in [0.25, 0.3) is 0 Å². The number of hydrogen-bond donors (Lipinski definition) is 0. The van der Waals surface area contributed by atoms with Gasteiger partial charge < -0.3 is 0 Å². The van der Waals surface area contributed by atoms with Crippen LogP contribution < -0.4 is 0 Å². The van der Waals surface area contributed by atoms with E-state index in [2.05, 4.69) is 37.3 Å². The van der Waals surface area contributed by atoms with E-state index in [0.717, 1.165) is 18.8 Å². The Morgan fingerprint density at radius 2 is 1.62 bits per heavy atom. The second-order valence-electron chi connectivity index (χ2n) is 6.33. The van der Waals surface area contributed by atoms with Gasteiger partial charge in [0.2, 0.25) is 0 Å². The Bertz CT molecular complexity index is 369. The zero-order chi connectivity index (χ0) is 15.3. The van der Waals surface area contributed by atoms with Crippen molar-refractivity contribution in [2.75, 3.05) is 0 Å². The van der Waals surface area contributed by atoms with Crippen molar-refractivity contribution in [1.82, 2.24) is 0 Å². The summed E-state index contributed by atoms with van der Waals surface area (Å²) in [5.74, 6) is 1.20. The molecule has 1 heteroatoms. The fraction of sp³-hybridized carbons (Fsp3) is 0.650. The zero-order valence-electron chi connectivity index (χ0n) is 13.9. The van der Waals surface area contributed by atoms with Crippen LogP contribution in [0.2, 0.25) is 0 Å². The van der Waals surface area contributed by atoms with Gasteiger partial charge in [-0.05, 0) is 30.7 Å². The molecule has 0 spiro atoms. The molecule has 1 atom stereocenters. The Labute approximate surface area is 131 Å². The molecule has 1 nitrogen and oxygen atoms in total. The third-order valence-corrected chi connectivity index (χ3v) is 4.30. The number of carbonyl (C=O) groups excluding carboxylic acids is 1. The molecule has 118 valence electrons. The predicted molar refractivity (Wildman–Crippen MR) is 91.5 cm³/mol. The first-order valence-corrected chi connectivity index (χ1v) is 8.78. The first-order valence-electron chi connectivity index (χ1n) is 8.78. The highest BCUT2D eigenvalue weighted by Gasteiger charge is 2.04. The average Bonchev–Trinajstić information content (AvgIpc) is 2.51. The third kappa shape index (κ3) is 9.44. The van der Waals surface area contributed by atoms with Gasteiger partial charge in [-0.25, -0.2) is 0 Å². The number of unbranched alkanes of at least 4 members (excludes halogenated alkanes) is 3. The van der Waals surface area contributed by atoms with Gasteiger partial charge in [-0.3, -0.25) is 4.79 Å². The van der Waals surface area contributed by atoms with Crippen LogP contribution in [0, 0.1) is 5.92 Å². The SMILES string of the molecule is CCC(=O)CCCC(C)CCCCCCc1ccccc1. The highest BCUT2D eigenvalue weighted by molar-refractivity contribution is 5.77. The maximum absolute atomic E-state index is 11.2. The maximum atomic E-state index is 11.2. The van der Waals surface area contributed by atoms with Gasteiger partial charge in [0, 0.05) is 12.8 Å². The van der Waals surface area contributed by atoms with Crippen LogP contribution in [0.3, 0.4) is 0 Å². The maximum Gasteiger partial charge on any atom is 0.132 e. The molecule has 0 radical (unpaired) electrons. The summed E-state index contributed by atoms with van der Waals surface area (Å²) in [6.45, 7) is 4.29. The smallest absolute Gasteiger partial charge is 0.132 e. The monoisotopic (exact) mass is 288 g/mol. The van der Waals surface area contributed by atoms with Crippen LogP contribution in [0.4, 0.5) is 0 Å². The van der Waals surface area contributed by atoms with Crippen LogP contribution in [0.25, 0.3) is 0 Å². The van der Waals surface area contributed by atoms with Crippen molar-refractivity contribution in [3.63, 3.8) is 0 Å². The highest BCUT2D eigenvalue weighted by atomic mass is 16.1. The molecular formula is C20H32O. The number of aryl methyl sites for hydroxylation is 1. The molecule has 0 aliphatic rings. The van der Waals surface area contributed by atoms with Crippen LogP contribution >= 0.6 is 0 Å². The van der Waals surface area contributed by atoms with Crippen LogP contribution in [-0.2, 0) is 11.2 Å². The normalized spacial score (nSPS) is 12.3. The van der Waals surface area contributed by atoms with Crippen molar-refractivity contribution in [1.29, 1.82) is 0 Å². The highest BCUT2D eigenvalue weighted by Crippen LogP contribution is 2.17. The van der Waals surface area contributed by atoms with Gasteiger partial charge in [0.15, 0.2) is 0 Å². The van der Waals surface area contributed by atoms with E-state index in [1.807, 2.05) is 6.92 Å². The van der Waals surface area contributed by atoms with Crippen molar-refractivity contribution in [3.05, 3.63) is 35.9 Å². The van der Waals surface area contributed by atoms with Gasteiger partial charge >= 0.3 is 0 Å². The largest absolute Gasteiger partial charge is 0.300 e. The van der Waals surface area contributed by atoms with E-state index in [9.17, 15) is 4.79 Å². The second kappa shape index (κ2) is 11.5. The molecule has 1 aromatic rings. The number of rotatable bonds is 12. The van der Waals surface area contributed by atoms with Crippen molar-refractivity contribution in [2.45, 2.75) is 78.1 Å². The second-order valence-corrected chi connectivity index (χ2v) is 6.33. The van der Waals surface area contributed by atoms with Gasteiger partial charge in [0.1, 0.15) is 5.78 Å². The lowest BCUT2D eigenvalue weighted by molar-refractivity contribution is -0.118. The van der Waals surface area contributed by atoms with Gasteiger partial charge in [-0.1, -0.05) is 76.3 Å². The predicted octanol–water partition coefficient (Wildman–Crippen LogP) is 5.97. The summed E-state index contributed by atoms with van der Waals surface area (Å²) < 4.78 is 0. The number of carbonyl (C=O) groups is 1. The molecule has 0 heterocycles. The van der Waals surface area contributed by atoms with Crippen LogP contribution in [0.1, 0.15) is 77.2 Å². The zero-order valence-corrected chi connectivity index (χ0v) is 13.9. The summed E-state index contributed by atoms with van der Waals surface area (Å²) in [5, 5.41) is 0. The van der Waals surface area contributed by atoms with E-state index in [0.29, 0.717) is 12.2 Å². The summed E-state index contributed by atoms with van der Waals surface area (Å²) in [6, 6.07) is 10.8. The van der Waals surface area contributed by atoms with Gasteiger partial charge in [0.05, 0.1) is 0 Å². The Morgan fingerprint density at radius 1 is 0.952 bits per heavy atom. The lowest BCUT2D eigenvalue weighted by Crippen LogP contribution is -1.99. The summed E-state index contributed by atoms with van der Waals surface area (Å²) in [7, 11) is 0. The third-order valence-electron chi connectivity index (χ3n) is 4.30. The van der Waals surface area contributed by atoms with E-state index in [-0.39, 0.29) is 0 Å². The first-order chi connectivity index (χ1) is 10.2. The molecule has 1 aromatic carbocycles. The fourth-order valence-corrected chi connectivity index (χ4v) is 2.79. The minimum Gasteiger partial charge on any atom is -0.300 e. The standard InChI is InChI=1S/C20H32O/c1-3-20(21)17-11-13-18(2)12-7-4-5-8-14-19-15-9-6-10-16-19/h6,9-10,15-16,18H,3-5,7-8,11-14,17H2,1-2H3. The Kier molecular flexibility index (Phi) is 9.86. The molecule has 0 saturated heterocycles. The van der Waals surface area contributed by atoms with E-state index < -0.39 is 0 Å². The Morgan fingerprint density at radius 3 is 2.33 bits per heavy atom. The first kappa shape index (κ1) is 17.9. The lowest BCUT2D eigenvalue weighted by Gasteiger charge is -2.10. The topological polar surface area (TPSA) is 17.1 Å². The minimum absolute atomic E-state index is 0.420. The molecule has 0 saturated carbocycles. The number of ketones is 1. The van der Waals surface area contributed by atoms with E-state index in [1.54, 1.807) is 0 Å². The minimum atomic E-state index is 0.420. The van der Waals surface area contributed by atoms with Crippen molar-refractivity contribution >= 4 is 5.78 Å². The summed E-state index contributed by atoms with van der Waals surface area (Å²) in [6.07, 6.45) is 11.7. The summed E-state index contributed by atoms with van der Waals surface area (Å²) >= 11 is 0. The number of hydrogen-bond acceptors (Lipinski definition) is 1. The average molecular weight is 288 g/mol. The molecule has 0 amide bonds. The van der Waals surface area contributed by atoms with E-state index in [1.165, 1.54) is 50.5 Å². The van der Waals surface area contributed by atoms with Crippen molar-refractivity contribution in [3.8, 4) is 0 Å². The quantitative estimate of drug-likeness (QED) is 0.433. The van der Waals surface area contributed by atoms with Crippen molar-refractivity contribution < 1.29 is 4.79 Å². The molecule has 0 aliphatic heterocycles. The molecule has 0 aliphatic carbocycles. The molecule has 0 bridgehead atoms. The Hall–Kier alpha value is -1.11. The van der Waals surface area contributed by atoms with E-state index in [4.69, 9.17) is 0 Å². The molecule has 0 fully saturated rings. The Balaban J connectivity index is 1.92. The fourth-order valence-electron chi connectivity index (χ4n) is 2.79. The molecule has 1 unspecified atom stereocenters. The summed E-state index contributed by atoms with van der Waals surface area (Å²) in [5.41, 5.74) is 1.46. The van der Waals surface area contributed by atoms with E-state index >= 15 is 0 Å². The number of benzene rings is 1. The van der Waals surface area contributed by atoms with Crippen LogP contribution in [0.15, 0.2) is 30.3 Å². The number of Topliss-reactive ketones (excluding diaryl/α,β-unsaturated/α-hetero) is 1. The molecule has 0 aromatic heterocycles.